The van der Waals surface area contributed by atoms with Gasteiger partial charge < -0.3 is 14.6 Å². The van der Waals surface area contributed by atoms with Gasteiger partial charge in [0.05, 0.1) is 0 Å². The van der Waals surface area contributed by atoms with Crippen molar-refractivity contribution in [2.45, 2.75) is 33.1 Å². The van der Waals surface area contributed by atoms with E-state index < -0.39 is 5.97 Å². The second-order valence-electron chi connectivity index (χ2n) is 3.29. The van der Waals surface area contributed by atoms with E-state index in [-0.39, 0.29) is 12.3 Å². The van der Waals surface area contributed by atoms with Gasteiger partial charge in [-0.15, -0.1) is 0 Å². The summed E-state index contributed by atoms with van der Waals surface area (Å²) in [4.78, 5) is 9.70. The van der Waals surface area contributed by atoms with Gasteiger partial charge in [-0.3, -0.25) is 0 Å². The lowest BCUT2D eigenvalue weighted by molar-refractivity contribution is -0.306. The lowest BCUT2D eigenvalue weighted by Gasteiger charge is -2.02. The summed E-state index contributed by atoms with van der Waals surface area (Å²) in [6, 6.07) is 0. The van der Waals surface area contributed by atoms with Crippen LogP contribution >= 0.6 is 0 Å². The molecule has 0 aromatic carbocycles. The fraction of sp³-hybridized carbons (Fsp3) is 0.889. The minimum absolute atomic E-state index is 0.167. The molecule has 0 saturated carbocycles. The monoisotopic (exact) mass is 173 g/mol. The molecule has 3 nitrogen and oxygen atoms in total. The van der Waals surface area contributed by atoms with Gasteiger partial charge in [0.15, 0.2) is 0 Å². The van der Waals surface area contributed by atoms with Crippen molar-refractivity contribution in [3.8, 4) is 0 Å². The zero-order valence-electron chi connectivity index (χ0n) is 7.84. The van der Waals surface area contributed by atoms with Crippen molar-refractivity contribution < 1.29 is 14.6 Å². The molecule has 0 spiro atoms. The van der Waals surface area contributed by atoms with Gasteiger partial charge in [-0.05, 0) is 25.2 Å². The second kappa shape index (κ2) is 7.10. The molecule has 0 atom stereocenters. The number of carbonyl (C=O) groups excluding carboxylic acids is 1. The van der Waals surface area contributed by atoms with Crippen molar-refractivity contribution >= 4 is 5.97 Å². The molecule has 1 fully saturated rings. The van der Waals surface area contributed by atoms with Crippen LogP contribution in [0.25, 0.3) is 0 Å². The van der Waals surface area contributed by atoms with Crippen LogP contribution in [0.1, 0.15) is 33.1 Å². The number of aliphatic carboxylic acids is 1. The average Bonchev–Trinajstić information content (AvgIpc) is 2.36. The minimum Gasteiger partial charge on any atom is -0.550 e. The summed E-state index contributed by atoms with van der Waals surface area (Å²) in [5, 5.41) is 9.70. The van der Waals surface area contributed by atoms with E-state index in [0.717, 1.165) is 13.2 Å². The smallest absolute Gasteiger partial charge is 0.0466 e. The predicted molar refractivity (Wildman–Crippen MR) is 44.5 cm³/mol. The van der Waals surface area contributed by atoms with Gasteiger partial charge in [0.1, 0.15) is 0 Å². The van der Waals surface area contributed by atoms with Crippen LogP contribution in [0.15, 0.2) is 0 Å². The van der Waals surface area contributed by atoms with E-state index in [1.54, 1.807) is 0 Å². The molecular weight excluding hydrogens is 156 g/mol. The topological polar surface area (TPSA) is 49.4 Å². The first kappa shape index (κ1) is 11.4. The third kappa shape index (κ3) is 9.43. The summed E-state index contributed by atoms with van der Waals surface area (Å²) in [5.74, 6) is -0.750. The summed E-state index contributed by atoms with van der Waals surface area (Å²) in [6.07, 6.45) is 2.72. The van der Waals surface area contributed by atoms with Crippen LogP contribution in [0.2, 0.25) is 0 Å². The molecule has 1 aliphatic heterocycles. The van der Waals surface area contributed by atoms with Gasteiger partial charge in [0, 0.05) is 19.2 Å². The van der Waals surface area contributed by atoms with E-state index in [0.29, 0.717) is 0 Å². The molecule has 0 N–H and O–H groups in total. The van der Waals surface area contributed by atoms with Crippen LogP contribution in [0.5, 0.6) is 0 Å². The summed E-state index contributed by atoms with van der Waals surface area (Å²) in [6.45, 7) is 5.69. The molecule has 0 unspecified atom stereocenters. The Kier molecular flexibility index (Phi) is 6.76. The fourth-order valence-electron chi connectivity index (χ4n) is 0.844. The number of carboxylic acid groups (broad SMARTS) is 1. The Balaban J connectivity index is 0.000000211. The Morgan fingerprint density at radius 2 is 1.92 bits per heavy atom. The summed E-state index contributed by atoms with van der Waals surface area (Å²) < 4.78 is 4.94. The lowest BCUT2D eigenvalue weighted by atomic mass is 10.1. The number of ether oxygens (including phenoxy) is 1. The average molecular weight is 173 g/mol. The lowest BCUT2D eigenvalue weighted by Crippen LogP contribution is -2.23. The zero-order chi connectivity index (χ0) is 9.40. The van der Waals surface area contributed by atoms with Crippen LogP contribution in [-0.2, 0) is 9.53 Å². The molecule has 0 amide bonds. The van der Waals surface area contributed by atoms with Crippen LogP contribution in [0.4, 0.5) is 0 Å². The zero-order valence-corrected chi connectivity index (χ0v) is 7.84. The van der Waals surface area contributed by atoms with E-state index in [2.05, 4.69) is 0 Å². The minimum atomic E-state index is -0.963. The highest BCUT2D eigenvalue weighted by Gasteiger charge is 1.94. The van der Waals surface area contributed by atoms with Gasteiger partial charge in [-0.2, -0.15) is 0 Å². The Hall–Kier alpha value is -0.570. The quantitative estimate of drug-likeness (QED) is 0.613. The summed E-state index contributed by atoms with van der Waals surface area (Å²) in [7, 11) is 0. The first-order chi connectivity index (χ1) is 5.63. The largest absolute Gasteiger partial charge is 0.550 e. The van der Waals surface area contributed by atoms with Crippen molar-refractivity contribution in [2.24, 2.45) is 5.92 Å². The Labute approximate surface area is 73.7 Å². The number of hydrogen-bond donors (Lipinski definition) is 0. The molecule has 3 heteroatoms. The molecule has 0 aromatic rings. The highest BCUT2D eigenvalue weighted by Crippen LogP contribution is 1.98. The molecule has 72 valence electrons. The molecule has 0 aliphatic carbocycles. The Morgan fingerprint density at radius 3 is 2.00 bits per heavy atom. The van der Waals surface area contributed by atoms with Gasteiger partial charge in [-0.1, -0.05) is 13.8 Å². The molecule has 1 heterocycles. The Bertz CT molecular complexity index is 109. The van der Waals surface area contributed by atoms with Gasteiger partial charge in [-0.25, -0.2) is 0 Å². The van der Waals surface area contributed by atoms with Crippen molar-refractivity contribution in [2.75, 3.05) is 13.2 Å². The maximum absolute atomic E-state index is 9.70. The predicted octanol–water partition coefficient (Wildman–Crippen LogP) is 0.579. The van der Waals surface area contributed by atoms with Crippen LogP contribution < -0.4 is 5.11 Å². The van der Waals surface area contributed by atoms with Crippen molar-refractivity contribution in [1.82, 2.24) is 0 Å². The molecule has 12 heavy (non-hydrogen) atoms. The van der Waals surface area contributed by atoms with Crippen LogP contribution in [0, 0.1) is 5.92 Å². The molecule has 0 radical (unpaired) electrons. The molecule has 0 aromatic heterocycles. The number of hydrogen-bond acceptors (Lipinski definition) is 3. The van der Waals surface area contributed by atoms with Crippen molar-refractivity contribution in [3.63, 3.8) is 0 Å². The van der Waals surface area contributed by atoms with E-state index >= 15 is 0 Å². The maximum atomic E-state index is 9.70. The normalized spacial score (nSPS) is 15.6. The third-order valence-corrected chi connectivity index (χ3v) is 1.40. The van der Waals surface area contributed by atoms with Crippen LogP contribution in [-0.4, -0.2) is 19.2 Å². The highest BCUT2D eigenvalue weighted by atomic mass is 16.5. The molecule has 1 aliphatic rings. The molecular formula is C9H17O3-. The first-order valence-electron chi connectivity index (χ1n) is 4.40. The van der Waals surface area contributed by atoms with E-state index in [1.807, 2.05) is 13.8 Å². The number of carbonyl (C=O) groups is 1. The van der Waals surface area contributed by atoms with Crippen molar-refractivity contribution in [3.05, 3.63) is 0 Å². The van der Waals surface area contributed by atoms with Gasteiger partial charge in [0.2, 0.25) is 0 Å². The van der Waals surface area contributed by atoms with E-state index in [9.17, 15) is 9.90 Å². The summed E-state index contributed by atoms with van der Waals surface area (Å²) >= 11 is 0. The van der Waals surface area contributed by atoms with Gasteiger partial charge in [0.25, 0.3) is 0 Å². The van der Waals surface area contributed by atoms with Gasteiger partial charge >= 0.3 is 0 Å². The fourth-order valence-corrected chi connectivity index (χ4v) is 0.844. The van der Waals surface area contributed by atoms with Crippen molar-refractivity contribution in [1.29, 1.82) is 0 Å². The number of rotatable bonds is 2. The van der Waals surface area contributed by atoms with Crippen LogP contribution in [0.3, 0.4) is 0 Å². The molecule has 1 rings (SSSR count). The molecule has 1 saturated heterocycles. The second-order valence-corrected chi connectivity index (χ2v) is 3.29. The number of carboxylic acids is 1. The summed E-state index contributed by atoms with van der Waals surface area (Å²) in [5.41, 5.74) is 0. The third-order valence-electron chi connectivity index (χ3n) is 1.40. The van der Waals surface area contributed by atoms with E-state index in [1.165, 1.54) is 12.8 Å². The maximum Gasteiger partial charge on any atom is 0.0466 e. The first-order valence-corrected chi connectivity index (χ1v) is 4.40. The highest BCUT2D eigenvalue weighted by molar-refractivity contribution is 5.64. The Morgan fingerprint density at radius 1 is 1.42 bits per heavy atom. The standard InChI is InChI=1S/C5H10O2.C4H8O/c1-4(2)3-5(6)7;1-2-4-5-3-1/h4H,3H2,1-2H3,(H,6,7);1-4H2/p-1. The molecule has 0 bridgehead atoms. The SMILES string of the molecule is C1CCOC1.CC(C)CC(=O)[O-]. The van der Waals surface area contributed by atoms with E-state index in [4.69, 9.17) is 4.74 Å².